The lowest BCUT2D eigenvalue weighted by Gasteiger charge is -2.30. The molecule has 0 unspecified atom stereocenters. The lowest BCUT2D eigenvalue weighted by molar-refractivity contribution is -0.130. The Kier molecular flexibility index (Phi) is 7.20. The van der Waals surface area contributed by atoms with Gasteiger partial charge in [0.25, 0.3) is 0 Å². The van der Waals surface area contributed by atoms with Crippen molar-refractivity contribution >= 4 is 11.6 Å². The van der Waals surface area contributed by atoms with Crippen molar-refractivity contribution in [3.8, 4) is 0 Å². The van der Waals surface area contributed by atoms with Crippen molar-refractivity contribution in [3.05, 3.63) is 59.4 Å². The number of hydrogen-bond acceptors (Lipinski definition) is 5. The minimum atomic E-state index is 0.120. The number of fused-ring (bicyclic) bond motifs is 1. The average molecular weight is 422 g/mol. The molecule has 2 aliphatic rings. The molecule has 4 rings (SSSR count). The van der Waals surface area contributed by atoms with Crippen molar-refractivity contribution in [2.24, 2.45) is 5.92 Å². The van der Waals surface area contributed by atoms with Crippen LogP contribution in [0.1, 0.15) is 29.5 Å². The van der Waals surface area contributed by atoms with Gasteiger partial charge in [-0.1, -0.05) is 18.2 Å². The second-order valence-electron chi connectivity index (χ2n) is 9.21. The molecule has 2 heterocycles. The summed E-state index contributed by atoms with van der Waals surface area (Å²) in [4.78, 5) is 23.9. The molecule has 1 aromatic carbocycles. The SMILES string of the molecule is CN(C)CCN(Cc1cccnc1)C(=O)CNc1cccc2c1CCN(CC1CC1)C2. The van der Waals surface area contributed by atoms with E-state index >= 15 is 0 Å². The average Bonchev–Trinajstić information content (AvgIpc) is 3.59. The van der Waals surface area contributed by atoms with Crippen molar-refractivity contribution < 1.29 is 4.79 Å². The fourth-order valence-electron chi connectivity index (χ4n) is 4.26. The smallest absolute Gasteiger partial charge is 0.242 e. The Hall–Kier alpha value is -2.44. The number of benzene rings is 1. The van der Waals surface area contributed by atoms with Crippen LogP contribution in [-0.4, -0.2) is 72.4 Å². The monoisotopic (exact) mass is 421 g/mol. The van der Waals surface area contributed by atoms with Gasteiger partial charge in [-0.05, 0) is 68.1 Å². The molecule has 1 amide bonds. The summed E-state index contributed by atoms with van der Waals surface area (Å²) in [5.74, 6) is 1.04. The lowest BCUT2D eigenvalue weighted by Crippen LogP contribution is -2.39. The fraction of sp³-hybridized carbons (Fsp3) is 0.520. The molecule has 1 aliphatic carbocycles. The molecule has 0 spiro atoms. The number of nitrogens with zero attached hydrogens (tertiary/aromatic N) is 4. The van der Waals surface area contributed by atoms with Crippen molar-refractivity contribution in [1.82, 2.24) is 19.7 Å². The van der Waals surface area contributed by atoms with Gasteiger partial charge in [-0.3, -0.25) is 14.7 Å². The number of carbonyl (C=O) groups is 1. The molecule has 31 heavy (non-hydrogen) atoms. The Balaban J connectivity index is 1.38. The van der Waals surface area contributed by atoms with Gasteiger partial charge in [-0.25, -0.2) is 0 Å². The summed E-state index contributed by atoms with van der Waals surface area (Å²) in [6, 6.07) is 10.4. The minimum Gasteiger partial charge on any atom is -0.376 e. The molecular weight excluding hydrogens is 386 g/mol. The second kappa shape index (κ2) is 10.2. The topological polar surface area (TPSA) is 51.7 Å². The van der Waals surface area contributed by atoms with Crippen molar-refractivity contribution in [2.75, 3.05) is 52.1 Å². The summed E-state index contributed by atoms with van der Waals surface area (Å²) in [6.45, 7) is 5.83. The summed E-state index contributed by atoms with van der Waals surface area (Å²) >= 11 is 0. The summed E-state index contributed by atoms with van der Waals surface area (Å²) in [6.07, 6.45) is 7.46. The van der Waals surface area contributed by atoms with Crippen LogP contribution in [0.5, 0.6) is 0 Å². The number of hydrogen-bond donors (Lipinski definition) is 1. The molecule has 1 saturated carbocycles. The maximum atomic E-state index is 13.1. The van der Waals surface area contributed by atoms with E-state index in [4.69, 9.17) is 0 Å². The molecule has 0 bridgehead atoms. The van der Waals surface area contributed by atoms with Crippen LogP contribution >= 0.6 is 0 Å². The molecule has 0 saturated heterocycles. The van der Waals surface area contributed by atoms with Crippen LogP contribution in [0.4, 0.5) is 5.69 Å². The molecule has 0 radical (unpaired) electrons. The molecule has 166 valence electrons. The molecule has 1 fully saturated rings. The largest absolute Gasteiger partial charge is 0.376 e. The van der Waals surface area contributed by atoms with Crippen LogP contribution in [-0.2, 0) is 24.3 Å². The predicted molar refractivity (Wildman–Crippen MR) is 125 cm³/mol. The fourth-order valence-corrected chi connectivity index (χ4v) is 4.26. The van der Waals surface area contributed by atoms with Crippen LogP contribution in [0.15, 0.2) is 42.7 Å². The van der Waals surface area contributed by atoms with E-state index in [2.05, 4.69) is 38.3 Å². The van der Waals surface area contributed by atoms with E-state index in [-0.39, 0.29) is 5.91 Å². The highest BCUT2D eigenvalue weighted by Crippen LogP contribution is 2.32. The van der Waals surface area contributed by atoms with Gasteiger partial charge in [-0.2, -0.15) is 0 Å². The number of pyridine rings is 1. The molecule has 1 aliphatic heterocycles. The third kappa shape index (κ3) is 6.28. The van der Waals surface area contributed by atoms with E-state index in [9.17, 15) is 4.79 Å². The van der Waals surface area contributed by atoms with Gasteiger partial charge in [0.1, 0.15) is 0 Å². The molecular formula is C25H35N5O. The third-order valence-corrected chi connectivity index (χ3v) is 6.25. The van der Waals surface area contributed by atoms with E-state index in [0.717, 1.165) is 43.2 Å². The maximum absolute atomic E-state index is 13.1. The standard InChI is InChI=1S/C25H35N5O/c1-28(2)13-14-30(18-21-5-4-11-26-15-21)25(31)16-27-24-7-3-6-22-19-29(12-10-23(22)24)17-20-8-9-20/h3-7,11,15,20,27H,8-10,12-14,16-19H2,1-2H3. The summed E-state index contributed by atoms with van der Waals surface area (Å²) in [5, 5.41) is 3.46. The zero-order valence-electron chi connectivity index (χ0n) is 18.9. The first-order chi connectivity index (χ1) is 15.1. The lowest BCUT2D eigenvalue weighted by atomic mass is 9.97. The van der Waals surface area contributed by atoms with E-state index in [0.29, 0.717) is 19.6 Å². The number of carbonyl (C=O) groups excluding carboxylic acids is 1. The zero-order valence-corrected chi connectivity index (χ0v) is 18.9. The number of amides is 1. The number of rotatable bonds is 10. The Morgan fingerprint density at radius 1 is 1.19 bits per heavy atom. The van der Waals surface area contributed by atoms with Crippen molar-refractivity contribution in [1.29, 1.82) is 0 Å². The number of anilines is 1. The molecule has 2 aromatic rings. The zero-order chi connectivity index (χ0) is 21.6. The Morgan fingerprint density at radius 2 is 2.06 bits per heavy atom. The molecule has 1 N–H and O–H groups in total. The van der Waals surface area contributed by atoms with Crippen LogP contribution in [0.25, 0.3) is 0 Å². The summed E-state index contributed by atoms with van der Waals surface area (Å²) < 4.78 is 0. The van der Waals surface area contributed by atoms with Gasteiger partial charge >= 0.3 is 0 Å². The van der Waals surface area contributed by atoms with E-state index in [1.54, 1.807) is 6.20 Å². The van der Waals surface area contributed by atoms with Gasteiger partial charge in [-0.15, -0.1) is 0 Å². The highest BCUT2D eigenvalue weighted by Gasteiger charge is 2.27. The maximum Gasteiger partial charge on any atom is 0.242 e. The highest BCUT2D eigenvalue weighted by molar-refractivity contribution is 5.81. The Labute approximate surface area is 186 Å². The minimum absolute atomic E-state index is 0.120. The van der Waals surface area contributed by atoms with Gasteiger partial charge in [0.05, 0.1) is 6.54 Å². The summed E-state index contributed by atoms with van der Waals surface area (Å²) in [7, 11) is 4.07. The van der Waals surface area contributed by atoms with Crippen LogP contribution in [0, 0.1) is 5.92 Å². The van der Waals surface area contributed by atoms with Gasteiger partial charge in [0.2, 0.25) is 5.91 Å². The van der Waals surface area contributed by atoms with E-state index in [1.165, 1.54) is 30.5 Å². The van der Waals surface area contributed by atoms with Crippen LogP contribution in [0.2, 0.25) is 0 Å². The molecule has 0 atom stereocenters. The Morgan fingerprint density at radius 3 is 2.81 bits per heavy atom. The van der Waals surface area contributed by atoms with Gasteiger partial charge in [0.15, 0.2) is 0 Å². The van der Waals surface area contributed by atoms with Gasteiger partial charge < -0.3 is 15.1 Å². The predicted octanol–water partition coefficient (Wildman–Crippen LogP) is 2.85. The molecule has 6 nitrogen and oxygen atoms in total. The molecule has 1 aromatic heterocycles. The first kappa shape index (κ1) is 21.8. The normalized spacial score (nSPS) is 16.2. The Bertz CT molecular complexity index is 865. The number of nitrogens with one attached hydrogen (secondary N) is 1. The first-order valence-corrected chi connectivity index (χ1v) is 11.5. The highest BCUT2D eigenvalue weighted by atomic mass is 16.2. The second-order valence-corrected chi connectivity index (χ2v) is 9.21. The first-order valence-electron chi connectivity index (χ1n) is 11.5. The van der Waals surface area contributed by atoms with Crippen molar-refractivity contribution in [2.45, 2.75) is 32.4 Å². The van der Waals surface area contributed by atoms with E-state index < -0.39 is 0 Å². The quantitative estimate of drug-likeness (QED) is 0.639. The van der Waals surface area contributed by atoms with Crippen molar-refractivity contribution in [3.63, 3.8) is 0 Å². The van der Waals surface area contributed by atoms with Gasteiger partial charge in [0, 0.05) is 57.3 Å². The summed E-state index contributed by atoms with van der Waals surface area (Å²) in [5.41, 5.74) is 4.96. The van der Waals surface area contributed by atoms with Crippen LogP contribution in [0.3, 0.4) is 0 Å². The third-order valence-electron chi connectivity index (χ3n) is 6.25. The number of likely N-dealkylation sites (N-methyl/N-ethyl adjacent to an activating group) is 1. The number of aromatic nitrogens is 1. The molecule has 6 heteroatoms. The van der Waals surface area contributed by atoms with Crippen LogP contribution < -0.4 is 5.32 Å². The van der Waals surface area contributed by atoms with E-state index in [1.807, 2.05) is 37.3 Å².